The summed E-state index contributed by atoms with van der Waals surface area (Å²) in [7, 11) is 1.67. The number of anilines is 1. The molecule has 1 aliphatic heterocycles. The predicted molar refractivity (Wildman–Crippen MR) is 98.3 cm³/mol. The molecule has 0 saturated heterocycles. The van der Waals surface area contributed by atoms with Gasteiger partial charge in [0.05, 0.1) is 7.11 Å². The molecule has 4 nitrogen and oxygen atoms in total. The summed E-state index contributed by atoms with van der Waals surface area (Å²) >= 11 is 0. The summed E-state index contributed by atoms with van der Waals surface area (Å²) in [4.78, 5) is 0. The summed E-state index contributed by atoms with van der Waals surface area (Å²) in [6.07, 6.45) is 3.48. The van der Waals surface area contributed by atoms with Crippen LogP contribution in [0.25, 0.3) is 0 Å². The van der Waals surface area contributed by atoms with Crippen LogP contribution in [0.15, 0.2) is 42.5 Å². The zero-order valence-corrected chi connectivity index (χ0v) is 14.3. The lowest BCUT2D eigenvalue weighted by Gasteiger charge is -2.18. The van der Waals surface area contributed by atoms with Crippen molar-refractivity contribution in [1.29, 1.82) is 0 Å². The highest BCUT2D eigenvalue weighted by Crippen LogP contribution is 2.23. The molecule has 0 aliphatic carbocycles. The molecule has 4 heteroatoms. The van der Waals surface area contributed by atoms with Crippen molar-refractivity contribution >= 4 is 5.69 Å². The van der Waals surface area contributed by atoms with Gasteiger partial charge in [0.2, 0.25) is 0 Å². The lowest BCUT2D eigenvalue weighted by molar-refractivity contribution is 0.313. The Morgan fingerprint density at radius 3 is 2.71 bits per heavy atom. The number of ether oxygens (including phenoxy) is 2. The molecule has 2 aromatic rings. The van der Waals surface area contributed by atoms with Gasteiger partial charge in [-0.25, -0.2) is 0 Å². The Morgan fingerprint density at radius 1 is 1.04 bits per heavy atom. The maximum absolute atomic E-state index is 5.71. The average molecular weight is 326 g/mol. The van der Waals surface area contributed by atoms with E-state index in [2.05, 4.69) is 28.8 Å². The third kappa shape index (κ3) is 4.65. The number of nitrogens with one attached hydrogen (secondary N) is 2. The minimum Gasteiger partial charge on any atom is -0.497 e. The number of benzene rings is 2. The number of fused-ring (bicyclic) bond motifs is 1. The molecule has 24 heavy (non-hydrogen) atoms. The third-order valence-electron chi connectivity index (χ3n) is 4.31. The Balaban J connectivity index is 1.33. The van der Waals surface area contributed by atoms with Gasteiger partial charge in [-0.1, -0.05) is 12.1 Å². The summed E-state index contributed by atoms with van der Waals surface area (Å²) in [5.74, 6) is 1.72. The molecule has 128 valence electrons. The molecule has 2 N–H and O–H groups in total. The fraction of sp³-hybridized carbons (Fsp3) is 0.400. The third-order valence-corrected chi connectivity index (χ3v) is 4.31. The second-order valence-corrected chi connectivity index (χ2v) is 6.05. The highest BCUT2D eigenvalue weighted by molar-refractivity contribution is 5.54. The van der Waals surface area contributed by atoms with Gasteiger partial charge in [0, 0.05) is 18.8 Å². The Labute approximate surface area is 144 Å². The van der Waals surface area contributed by atoms with Crippen LogP contribution >= 0.6 is 0 Å². The standard InChI is InChI=1S/C20H26N2O2/c1-23-18-5-7-19(8-6-18)24-14-13-21-12-10-16-4-9-20-17(15-16)3-2-11-22-20/h4-9,15,21-22H,2-3,10-14H2,1H3. The molecular formula is C20H26N2O2. The highest BCUT2D eigenvalue weighted by atomic mass is 16.5. The molecule has 0 amide bonds. The van der Waals surface area contributed by atoms with Crippen molar-refractivity contribution < 1.29 is 9.47 Å². The summed E-state index contributed by atoms with van der Waals surface area (Å²) in [6, 6.07) is 14.5. The van der Waals surface area contributed by atoms with Crippen molar-refractivity contribution in [3.8, 4) is 11.5 Å². The Hall–Kier alpha value is -2.20. The first-order valence-electron chi connectivity index (χ1n) is 8.68. The van der Waals surface area contributed by atoms with E-state index < -0.39 is 0 Å². The van der Waals surface area contributed by atoms with E-state index in [4.69, 9.17) is 9.47 Å². The lowest BCUT2D eigenvalue weighted by Crippen LogP contribution is -2.23. The fourth-order valence-corrected chi connectivity index (χ4v) is 2.95. The molecule has 1 heterocycles. The topological polar surface area (TPSA) is 42.5 Å². The average Bonchev–Trinajstić information content (AvgIpc) is 2.65. The Kier molecular flexibility index (Phi) is 5.96. The normalized spacial score (nSPS) is 13.0. The van der Waals surface area contributed by atoms with Crippen LogP contribution in [0, 0.1) is 0 Å². The Morgan fingerprint density at radius 2 is 1.88 bits per heavy atom. The van der Waals surface area contributed by atoms with Gasteiger partial charge in [0.15, 0.2) is 0 Å². The molecule has 0 fully saturated rings. The summed E-state index contributed by atoms with van der Waals surface area (Å²) < 4.78 is 10.8. The van der Waals surface area contributed by atoms with Gasteiger partial charge in [-0.2, -0.15) is 0 Å². The van der Waals surface area contributed by atoms with Crippen molar-refractivity contribution in [3.05, 3.63) is 53.6 Å². The molecular weight excluding hydrogens is 300 g/mol. The minimum absolute atomic E-state index is 0.667. The van der Waals surface area contributed by atoms with Gasteiger partial charge in [-0.15, -0.1) is 0 Å². The van der Waals surface area contributed by atoms with Crippen LogP contribution in [-0.2, 0) is 12.8 Å². The molecule has 0 bridgehead atoms. The summed E-state index contributed by atoms with van der Waals surface area (Å²) in [5, 5.41) is 6.90. The van der Waals surface area contributed by atoms with E-state index in [1.807, 2.05) is 24.3 Å². The van der Waals surface area contributed by atoms with Gasteiger partial charge in [0.1, 0.15) is 18.1 Å². The van der Waals surface area contributed by atoms with E-state index in [1.165, 1.54) is 29.7 Å². The van der Waals surface area contributed by atoms with Crippen molar-refractivity contribution in [2.75, 3.05) is 38.7 Å². The zero-order chi connectivity index (χ0) is 16.6. The fourth-order valence-electron chi connectivity index (χ4n) is 2.95. The predicted octanol–water partition coefficient (Wildman–Crippen LogP) is 3.26. The number of rotatable bonds is 8. The molecule has 0 radical (unpaired) electrons. The second kappa shape index (κ2) is 8.60. The molecule has 0 spiro atoms. The van der Waals surface area contributed by atoms with Crippen LogP contribution in [0.4, 0.5) is 5.69 Å². The van der Waals surface area contributed by atoms with Gasteiger partial charge in [-0.3, -0.25) is 0 Å². The number of methoxy groups -OCH3 is 1. The maximum Gasteiger partial charge on any atom is 0.119 e. The Bertz CT molecular complexity index is 641. The quantitative estimate of drug-likeness (QED) is 0.731. The first-order valence-corrected chi connectivity index (χ1v) is 8.68. The van der Waals surface area contributed by atoms with Crippen LogP contribution in [0.5, 0.6) is 11.5 Å². The van der Waals surface area contributed by atoms with Crippen LogP contribution in [0.1, 0.15) is 17.5 Å². The van der Waals surface area contributed by atoms with E-state index in [-0.39, 0.29) is 0 Å². The van der Waals surface area contributed by atoms with Crippen LogP contribution in [-0.4, -0.2) is 33.4 Å². The van der Waals surface area contributed by atoms with Crippen LogP contribution in [0.3, 0.4) is 0 Å². The maximum atomic E-state index is 5.71. The minimum atomic E-state index is 0.667. The molecule has 0 unspecified atom stereocenters. The number of hydrogen-bond acceptors (Lipinski definition) is 4. The molecule has 3 rings (SSSR count). The van der Waals surface area contributed by atoms with Gasteiger partial charge in [-0.05, 0) is 67.3 Å². The molecule has 0 atom stereocenters. The highest BCUT2D eigenvalue weighted by Gasteiger charge is 2.08. The molecule has 1 aliphatic rings. The number of aryl methyl sites for hydroxylation is 1. The summed E-state index contributed by atoms with van der Waals surface area (Å²) in [5.41, 5.74) is 4.17. The van der Waals surface area contributed by atoms with Gasteiger partial charge in [0.25, 0.3) is 0 Å². The van der Waals surface area contributed by atoms with Gasteiger partial charge < -0.3 is 20.1 Å². The number of hydrogen-bond donors (Lipinski definition) is 2. The molecule has 2 aromatic carbocycles. The van der Waals surface area contributed by atoms with E-state index in [9.17, 15) is 0 Å². The van der Waals surface area contributed by atoms with Crippen molar-refractivity contribution in [2.45, 2.75) is 19.3 Å². The van der Waals surface area contributed by atoms with Gasteiger partial charge >= 0.3 is 0 Å². The first kappa shape index (κ1) is 16.7. The molecule has 0 aromatic heterocycles. The van der Waals surface area contributed by atoms with Crippen LogP contribution < -0.4 is 20.1 Å². The van der Waals surface area contributed by atoms with Crippen molar-refractivity contribution in [1.82, 2.24) is 5.32 Å². The monoisotopic (exact) mass is 326 g/mol. The SMILES string of the molecule is COc1ccc(OCCNCCc2ccc3c(c2)CCCN3)cc1. The summed E-state index contributed by atoms with van der Waals surface area (Å²) in [6.45, 7) is 3.58. The van der Waals surface area contributed by atoms with E-state index in [0.717, 1.165) is 37.6 Å². The van der Waals surface area contributed by atoms with Crippen molar-refractivity contribution in [2.24, 2.45) is 0 Å². The lowest BCUT2D eigenvalue weighted by atomic mass is 9.99. The smallest absolute Gasteiger partial charge is 0.119 e. The van der Waals surface area contributed by atoms with Crippen molar-refractivity contribution in [3.63, 3.8) is 0 Å². The van der Waals surface area contributed by atoms with E-state index >= 15 is 0 Å². The molecule has 0 saturated carbocycles. The zero-order valence-electron chi connectivity index (χ0n) is 14.3. The first-order chi connectivity index (χ1) is 11.8. The van der Waals surface area contributed by atoms with E-state index in [0.29, 0.717) is 6.61 Å². The van der Waals surface area contributed by atoms with Crippen LogP contribution in [0.2, 0.25) is 0 Å². The second-order valence-electron chi connectivity index (χ2n) is 6.05. The largest absolute Gasteiger partial charge is 0.497 e. The van der Waals surface area contributed by atoms with E-state index in [1.54, 1.807) is 7.11 Å².